The number of ether oxygens (including phenoxy) is 4. The Morgan fingerprint density at radius 3 is 2.77 bits per heavy atom. The lowest BCUT2D eigenvalue weighted by molar-refractivity contribution is 0.104. The lowest BCUT2D eigenvalue weighted by Gasteiger charge is -2.13. The molecule has 0 aromatic heterocycles. The van der Waals surface area contributed by atoms with Gasteiger partial charge in [0.1, 0.15) is 0 Å². The van der Waals surface area contributed by atoms with Crippen LogP contribution < -0.4 is 18.9 Å². The minimum absolute atomic E-state index is 0.119. The van der Waals surface area contributed by atoms with Crippen LogP contribution in [0.3, 0.4) is 0 Å². The van der Waals surface area contributed by atoms with E-state index in [4.69, 9.17) is 18.9 Å². The van der Waals surface area contributed by atoms with E-state index in [2.05, 4.69) is 0 Å². The molecule has 0 unspecified atom stereocenters. The van der Waals surface area contributed by atoms with Crippen LogP contribution >= 0.6 is 0 Å². The van der Waals surface area contributed by atoms with Crippen molar-refractivity contribution in [2.45, 2.75) is 20.3 Å². The fourth-order valence-electron chi connectivity index (χ4n) is 2.60. The van der Waals surface area contributed by atoms with Gasteiger partial charge in [-0.3, -0.25) is 4.79 Å². The Hall–Kier alpha value is -2.95. The van der Waals surface area contributed by atoms with Crippen molar-refractivity contribution in [1.29, 1.82) is 0 Å². The second-order valence-corrected chi connectivity index (χ2v) is 5.72. The van der Waals surface area contributed by atoms with E-state index in [1.54, 1.807) is 24.3 Å². The minimum atomic E-state index is -0.119. The Balaban J connectivity index is 1.82. The Labute approximate surface area is 153 Å². The zero-order valence-corrected chi connectivity index (χ0v) is 15.0. The van der Waals surface area contributed by atoms with Crippen molar-refractivity contribution < 1.29 is 23.7 Å². The van der Waals surface area contributed by atoms with Gasteiger partial charge >= 0.3 is 0 Å². The summed E-state index contributed by atoms with van der Waals surface area (Å²) in [6.45, 7) is 5.29. The van der Waals surface area contributed by atoms with E-state index >= 15 is 0 Å². The van der Waals surface area contributed by atoms with Crippen LogP contribution in [0.2, 0.25) is 0 Å². The van der Waals surface area contributed by atoms with E-state index in [0.29, 0.717) is 41.8 Å². The lowest BCUT2D eigenvalue weighted by atomic mass is 10.1. The van der Waals surface area contributed by atoms with Gasteiger partial charge in [0.2, 0.25) is 6.79 Å². The summed E-state index contributed by atoms with van der Waals surface area (Å²) in [5.41, 5.74) is 1.35. The molecule has 2 aromatic rings. The molecule has 5 heteroatoms. The van der Waals surface area contributed by atoms with Gasteiger partial charge in [0, 0.05) is 11.1 Å². The minimum Gasteiger partial charge on any atom is -0.490 e. The van der Waals surface area contributed by atoms with Crippen molar-refractivity contribution in [2.75, 3.05) is 20.0 Å². The number of ketones is 1. The molecule has 0 aliphatic carbocycles. The average molecular weight is 354 g/mol. The highest BCUT2D eigenvalue weighted by molar-refractivity contribution is 6.07. The first kappa shape index (κ1) is 17.9. The molecule has 0 saturated heterocycles. The third-order valence-corrected chi connectivity index (χ3v) is 3.83. The summed E-state index contributed by atoms with van der Waals surface area (Å²) in [5, 5.41) is 0. The molecule has 0 fully saturated rings. The van der Waals surface area contributed by atoms with Gasteiger partial charge in [0.25, 0.3) is 0 Å². The van der Waals surface area contributed by atoms with Crippen molar-refractivity contribution in [1.82, 2.24) is 0 Å². The second kappa shape index (κ2) is 8.43. The number of hydrogen-bond acceptors (Lipinski definition) is 5. The molecule has 0 saturated carbocycles. The number of rotatable bonds is 8. The predicted molar refractivity (Wildman–Crippen MR) is 99.3 cm³/mol. The zero-order chi connectivity index (χ0) is 18.4. The van der Waals surface area contributed by atoms with E-state index in [-0.39, 0.29) is 12.6 Å². The van der Waals surface area contributed by atoms with Crippen molar-refractivity contribution in [2.24, 2.45) is 0 Å². The molecule has 26 heavy (non-hydrogen) atoms. The molecule has 0 radical (unpaired) electrons. The van der Waals surface area contributed by atoms with Crippen LogP contribution in [-0.4, -0.2) is 25.8 Å². The summed E-state index contributed by atoms with van der Waals surface area (Å²) < 4.78 is 22.1. The first-order chi connectivity index (χ1) is 12.7. The zero-order valence-electron chi connectivity index (χ0n) is 15.0. The van der Waals surface area contributed by atoms with Crippen molar-refractivity contribution in [3.8, 4) is 23.0 Å². The number of carbonyl (C=O) groups excluding carboxylic acids is 1. The van der Waals surface area contributed by atoms with Crippen LogP contribution in [0.1, 0.15) is 36.2 Å². The van der Waals surface area contributed by atoms with E-state index < -0.39 is 0 Å². The summed E-state index contributed by atoms with van der Waals surface area (Å²) in [6.07, 6.45) is 4.17. The van der Waals surface area contributed by atoms with E-state index in [1.165, 1.54) is 6.08 Å². The quantitative estimate of drug-likeness (QED) is 0.516. The number of allylic oxidation sites excluding steroid dienone is 1. The van der Waals surface area contributed by atoms with Crippen LogP contribution in [0.5, 0.6) is 23.0 Å². The number of fused-ring (bicyclic) bond motifs is 1. The van der Waals surface area contributed by atoms with Crippen LogP contribution in [-0.2, 0) is 0 Å². The summed E-state index contributed by atoms with van der Waals surface area (Å²) in [4.78, 5) is 12.5. The topological polar surface area (TPSA) is 54.0 Å². The number of carbonyl (C=O) groups is 1. The monoisotopic (exact) mass is 354 g/mol. The van der Waals surface area contributed by atoms with E-state index in [9.17, 15) is 4.79 Å². The molecular formula is C21H22O5. The molecule has 3 rings (SSSR count). The Kier molecular flexibility index (Phi) is 5.79. The molecule has 136 valence electrons. The van der Waals surface area contributed by atoms with Crippen LogP contribution in [0.25, 0.3) is 6.08 Å². The Morgan fingerprint density at radius 2 is 1.96 bits per heavy atom. The Morgan fingerprint density at radius 1 is 1.12 bits per heavy atom. The Bertz CT molecular complexity index is 810. The highest BCUT2D eigenvalue weighted by Crippen LogP contribution is 2.34. The van der Waals surface area contributed by atoms with Gasteiger partial charge in [-0.05, 0) is 49.8 Å². The molecular weight excluding hydrogens is 332 g/mol. The first-order valence-corrected chi connectivity index (χ1v) is 8.73. The summed E-state index contributed by atoms with van der Waals surface area (Å²) in [6, 6.07) is 10.8. The average Bonchev–Trinajstić information content (AvgIpc) is 3.13. The van der Waals surface area contributed by atoms with Crippen molar-refractivity contribution in [3.05, 3.63) is 53.6 Å². The molecule has 0 amide bonds. The summed E-state index contributed by atoms with van der Waals surface area (Å²) >= 11 is 0. The normalized spacial score (nSPS) is 12.4. The van der Waals surface area contributed by atoms with Crippen LogP contribution in [0, 0.1) is 0 Å². The molecule has 0 atom stereocenters. The molecule has 0 N–H and O–H groups in total. The van der Waals surface area contributed by atoms with Crippen LogP contribution in [0.4, 0.5) is 0 Å². The highest BCUT2D eigenvalue weighted by atomic mass is 16.7. The van der Waals surface area contributed by atoms with Gasteiger partial charge in [0.15, 0.2) is 28.8 Å². The fraction of sp³-hybridized carbons (Fsp3) is 0.286. The second-order valence-electron chi connectivity index (χ2n) is 5.72. The SMILES string of the molecule is CCCOc1c(/C=C/C(=O)c2ccc3c(c2)OCO3)cccc1OCC. The molecule has 5 nitrogen and oxygen atoms in total. The maximum Gasteiger partial charge on any atom is 0.231 e. The highest BCUT2D eigenvalue weighted by Gasteiger charge is 2.15. The van der Waals surface area contributed by atoms with E-state index in [1.807, 2.05) is 32.0 Å². The molecule has 1 heterocycles. The fourth-order valence-corrected chi connectivity index (χ4v) is 2.60. The molecule has 0 spiro atoms. The van der Waals surface area contributed by atoms with E-state index in [0.717, 1.165) is 12.0 Å². The van der Waals surface area contributed by atoms with Gasteiger partial charge in [-0.15, -0.1) is 0 Å². The van der Waals surface area contributed by atoms with Gasteiger partial charge in [-0.2, -0.15) is 0 Å². The number of para-hydroxylation sites is 1. The van der Waals surface area contributed by atoms with Crippen molar-refractivity contribution >= 4 is 11.9 Å². The number of hydrogen-bond donors (Lipinski definition) is 0. The third kappa shape index (κ3) is 3.99. The van der Waals surface area contributed by atoms with Gasteiger partial charge in [-0.25, -0.2) is 0 Å². The van der Waals surface area contributed by atoms with Gasteiger partial charge in [-0.1, -0.05) is 19.1 Å². The maximum atomic E-state index is 12.5. The first-order valence-electron chi connectivity index (χ1n) is 8.73. The number of benzene rings is 2. The van der Waals surface area contributed by atoms with Gasteiger partial charge in [0.05, 0.1) is 13.2 Å². The summed E-state index contributed by atoms with van der Waals surface area (Å²) in [5.74, 6) is 2.47. The smallest absolute Gasteiger partial charge is 0.231 e. The molecule has 1 aliphatic heterocycles. The van der Waals surface area contributed by atoms with Crippen LogP contribution in [0.15, 0.2) is 42.5 Å². The van der Waals surface area contributed by atoms with Crippen molar-refractivity contribution in [3.63, 3.8) is 0 Å². The molecule has 1 aliphatic rings. The van der Waals surface area contributed by atoms with Gasteiger partial charge < -0.3 is 18.9 Å². The third-order valence-electron chi connectivity index (χ3n) is 3.83. The lowest BCUT2D eigenvalue weighted by Crippen LogP contribution is -2.02. The maximum absolute atomic E-state index is 12.5. The standard InChI is InChI=1S/C21H22O5/c1-3-12-24-21-15(6-5-7-19(21)23-4-2)8-10-17(22)16-9-11-18-20(13-16)26-14-25-18/h5-11,13H,3-4,12,14H2,1-2H3/b10-8+. The summed E-state index contributed by atoms with van der Waals surface area (Å²) in [7, 11) is 0. The molecule has 2 aromatic carbocycles. The largest absolute Gasteiger partial charge is 0.490 e. The molecule has 0 bridgehead atoms. The predicted octanol–water partition coefficient (Wildman–Crippen LogP) is 4.50.